The van der Waals surface area contributed by atoms with Gasteiger partial charge < -0.3 is 0 Å². The van der Waals surface area contributed by atoms with Gasteiger partial charge in [0.2, 0.25) is 0 Å². The van der Waals surface area contributed by atoms with Crippen LogP contribution in [-0.4, -0.2) is 40.5 Å². The number of pyridine rings is 1. The molecule has 2 aromatic rings. The summed E-state index contributed by atoms with van der Waals surface area (Å²) in [5.74, 6) is 0.566. The Morgan fingerprint density at radius 1 is 1.10 bits per heavy atom. The molecular weight excluding hydrogens is 354 g/mol. The number of rotatable bonds is 6. The van der Waals surface area contributed by atoms with Crippen LogP contribution in [-0.2, 0) is 6.54 Å². The Balaban J connectivity index is 1.51. The number of nitrogens with zero attached hydrogens (tertiary/aromatic N) is 3. The number of likely N-dealkylation sites (tertiary alicyclic amines) is 2. The molecule has 2 aliphatic rings. The molecule has 0 bridgehead atoms. The standard InChI is InChI=1S/C26H35N3/c1-6-9-22-14-21(12-13-27-22)15-28-16-26(17-28)18-29(20(4)5)25(26)24-11-8-7-10-23(24)19(2)3/h6-14,19-20,25H,15-18H2,1-5H3/b9-6-. The molecular formula is C26H35N3. The Morgan fingerprint density at radius 2 is 1.86 bits per heavy atom. The second kappa shape index (κ2) is 8.04. The zero-order valence-electron chi connectivity index (χ0n) is 18.6. The molecule has 0 N–H and O–H groups in total. The van der Waals surface area contributed by atoms with E-state index in [2.05, 4.69) is 91.0 Å². The summed E-state index contributed by atoms with van der Waals surface area (Å²) in [5.41, 5.74) is 5.90. The molecule has 0 aliphatic carbocycles. The number of allylic oxidation sites excluding steroid dienone is 1. The van der Waals surface area contributed by atoms with Crippen LogP contribution in [0.1, 0.15) is 69.0 Å². The molecule has 0 radical (unpaired) electrons. The number of aromatic nitrogens is 1. The molecule has 1 aromatic heterocycles. The first kappa shape index (κ1) is 20.3. The van der Waals surface area contributed by atoms with Crippen LogP contribution in [0.2, 0.25) is 0 Å². The van der Waals surface area contributed by atoms with E-state index < -0.39 is 0 Å². The molecule has 2 saturated heterocycles. The molecule has 4 rings (SSSR count). The van der Waals surface area contributed by atoms with E-state index in [-0.39, 0.29) is 0 Å². The summed E-state index contributed by atoms with van der Waals surface area (Å²) in [4.78, 5) is 9.74. The van der Waals surface area contributed by atoms with Crippen molar-refractivity contribution in [3.05, 3.63) is 71.1 Å². The lowest BCUT2D eigenvalue weighted by atomic mass is 9.62. The second-order valence-corrected chi connectivity index (χ2v) is 9.55. The predicted octanol–water partition coefficient (Wildman–Crippen LogP) is 5.51. The molecule has 154 valence electrons. The van der Waals surface area contributed by atoms with E-state index in [9.17, 15) is 0 Å². The van der Waals surface area contributed by atoms with Gasteiger partial charge in [-0.15, -0.1) is 0 Å². The van der Waals surface area contributed by atoms with Crippen LogP contribution in [0.15, 0.2) is 48.7 Å². The Hall–Kier alpha value is -1.97. The normalized spacial score (nSPS) is 21.8. The van der Waals surface area contributed by atoms with E-state index in [1.54, 1.807) is 5.56 Å². The van der Waals surface area contributed by atoms with Crippen LogP contribution in [0.5, 0.6) is 0 Å². The van der Waals surface area contributed by atoms with Crippen molar-refractivity contribution in [1.82, 2.24) is 14.8 Å². The van der Waals surface area contributed by atoms with Crippen molar-refractivity contribution in [3.63, 3.8) is 0 Å². The maximum atomic E-state index is 4.43. The van der Waals surface area contributed by atoms with Crippen molar-refractivity contribution in [2.75, 3.05) is 19.6 Å². The van der Waals surface area contributed by atoms with Gasteiger partial charge in [-0.1, -0.05) is 44.2 Å². The van der Waals surface area contributed by atoms with Gasteiger partial charge in [0.1, 0.15) is 0 Å². The van der Waals surface area contributed by atoms with Gasteiger partial charge in [-0.2, -0.15) is 0 Å². The van der Waals surface area contributed by atoms with Crippen molar-refractivity contribution in [2.24, 2.45) is 5.41 Å². The number of benzene rings is 1. The van der Waals surface area contributed by atoms with E-state index in [1.165, 1.54) is 30.8 Å². The second-order valence-electron chi connectivity index (χ2n) is 9.55. The summed E-state index contributed by atoms with van der Waals surface area (Å²) in [6, 6.07) is 14.6. The van der Waals surface area contributed by atoms with E-state index in [4.69, 9.17) is 0 Å². The van der Waals surface area contributed by atoms with Crippen molar-refractivity contribution in [3.8, 4) is 0 Å². The van der Waals surface area contributed by atoms with Gasteiger partial charge in [0.25, 0.3) is 0 Å². The fourth-order valence-electron chi connectivity index (χ4n) is 5.40. The molecule has 1 aromatic carbocycles. The topological polar surface area (TPSA) is 19.4 Å². The molecule has 2 aliphatic heterocycles. The van der Waals surface area contributed by atoms with Crippen LogP contribution in [0.4, 0.5) is 0 Å². The summed E-state index contributed by atoms with van der Waals surface area (Å²) in [6.07, 6.45) is 6.06. The fourth-order valence-corrected chi connectivity index (χ4v) is 5.40. The van der Waals surface area contributed by atoms with Gasteiger partial charge in [-0.25, -0.2) is 0 Å². The highest BCUT2D eigenvalue weighted by Crippen LogP contribution is 2.56. The van der Waals surface area contributed by atoms with Crippen molar-refractivity contribution >= 4 is 6.08 Å². The largest absolute Gasteiger partial charge is 0.298 e. The third kappa shape index (κ3) is 3.78. The Bertz CT molecular complexity index is 877. The highest BCUT2D eigenvalue weighted by molar-refractivity contribution is 5.45. The van der Waals surface area contributed by atoms with Gasteiger partial charge in [-0.3, -0.25) is 14.8 Å². The van der Waals surface area contributed by atoms with Gasteiger partial charge in [0, 0.05) is 49.9 Å². The van der Waals surface area contributed by atoms with Gasteiger partial charge in [0.05, 0.1) is 5.69 Å². The van der Waals surface area contributed by atoms with Crippen molar-refractivity contribution in [2.45, 2.75) is 59.2 Å². The third-order valence-electron chi connectivity index (χ3n) is 6.65. The molecule has 3 nitrogen and oxygen atoms in total. The first-order chi connectivity index (χ1) is 13.9. The fraction of sp³-hybridized carbons (Fsp3) is 0.500. The van der Waals surface area contributed by atoms with Crippen LogP contribution in [0, 0.1) is 5.41 Å². The van der Waals surface area contributed by atoms with Gasteiger partial charge in [-0.05, 0) is 61.6 Å². The molecule has 3 heteroatoms. The van der Waals surface area contributed by atoms with E-state index >= 15 is 0 Å². The van der Waals surface area contributed by atoms with Crippen molar-refractivity contribution in [1.29, 1.82) is 0 Å². The number of hydrogen-bond donors (Lipinski definition) is 0. The lowest BCUT2D eigenvalue weighted by molar-refractivity contribution is -0.182. The molecule has 1 spiro atoms. The lowest BCUT2D eigenvalue weighted by Gasteiger charge is -2.67. The average molecular weight is 390 g/mol. The Morgan fingerprint density at radius 3 is 2.55 bits per heavy atom. The minimum absolute atomic E-state index is 0.411. The summed E-state index contributed by atoms with van der Waals surface area (Å²) < 4.78 is 0. The average Bonchev–Trinajstić information content (AvgIpc) is 2.63. The van der Waals surface area contributed by atoms with Crippen molar-refractivity contribution < 1.29 is 0 Å². The molecule has 1 unspecified atom stereocenters. The molecule has 0 saturated carbocycles. The van der Waals surface area contributed by atoms with E-state index in [0.29, 0.717) is 23.4 Å². The summed E-state index contributed by atoms with van der Waals surface area (Å²) in [5, 5.41) is 0. The Labute approximate surface area is 176 Å². The lowest BCUT2D eigenvalue weighted by Crippen LogP contribution is -2.73. The van der Waals surface area contributed by atoms with Gasteiger partial charge in [0.15, 0.2) is 0 Å². The van der Waals surface area contributed by atoms with Crippen LogP contribution in [0.25, 0.3) is 6.08 Å². The molecule has 2 fully saturated rings. The number of hydrogen-bond acceptors (Lipinski definition) is 3. The first-order valence-corrected chi connectivity index (χ1v) is 11.1. The summed E-state index contributed by atoms with van der Waals surface area (Å²) >= 11 is 0. The first-order valence-electron chi connectivity index (χ1n) is 11.1. The highest BCUT2D eigenvalue weighted by Gasteiger charge is 2.60. The zero-order valence-corrected chi connectivity index (χ0v) is 18.6. The van der Waals surface area contributed by atoms with Crippen LogP contribution >= 0.6 is 0 Å². The van der Waals surface area contributed by atoms with Crippen LogP contribution < -0.4 is 0 Å². The van der Waals surface area contributed by atoms with Gasteiger partial charge >= 0.3 is 0 Å². The highest BCUT2D eigenvalue weighted by atomic mass is 15.4. The maximum Gasteiger partial charge on any atom is 0.0629 e. The SMILES string of the molecule is C/C=C\c1cc(CN2CC3(C2)CN(C(C)C)C3c2ccccc2C(C)C)ccn1. The summed E-state index contributed by atoms with van der Waals surface area (Å²) in [6.45, 7) is 16.0. The molecule has 0 amide bonds. The smallest absolute Gasteiger partial charge is 0.0629 e. The van der Waals surface area contributed by atoms with Crippen LogP contribution in [0.3, 0.4) is 0 Å². The van der Waals surface area contributed by atoms with E-state index in [1.807, 2.05) is 13.1 Å². The minimum Gasteiger partial charge on any atom is -0.298 e. The minimum atomic E-state index is 0.411. The Kier molecular flexibility index (Phi) is 5.63. The molecule has 1 atom stereocenters. The summed E-state index contributed by atoms with van der Waals surface area (Å²) in [7, 11) is 0. The zero-order chi connectivity index (χ0) is 20.6. The molecule has 29 heavy (non-hydrogen) atoms. The maximum absolute atomic E-state index is 4.43. The third-order valence-corrected chi connectivity index (χ3v) is 6.65. The molecule has 3 heterocycles. The quantitative estimate of drug-likeness (QED) is 0.650. The van der Waals surface area contributed by atoms with E-state index in [0.717, 1.165) is 12.2 Å². The predicted molar refractivity (Wildman–Crippen MR) is 122 cm³/mol. The monoisotopic (exact) mass is 389 g/mol.